The van der Waals surface area contributed by atoms with Gasteiger partial charge in [0.05, 0.1) is 29.6 Å². The van der Waals surface area contributed by atoms with Crippen LogP contribution in [0, 0.1) is 16.7 Å². The van der Waals surface area contributed by atoms with Crippen LogP contribution in [0.25, 0.3) is 0 Å². The number of aliphatic hydroxyl groups is 3. The first-order valence-corrected chi connectivity index (χ1v) is 13.5. The molecular weight excluding hydrogens is 504 g/mol. The van der Waals surface area contributed by atoms with E-state index in [9.17, 15) is 29.7 Å². The van der Waals surface area contributed by atoms with Crippen molar-refractivity contribution in [1.29, 1.82) is 0 Å². The highest BCUT2D eigenvalue weighted by Crippen LogP contribution is 2.60. The van der Waals surface area contributed by atoms with Gasteiger partial charge in [0.1, 0.15) is 23.9 Å². The molecule has 0 radical (unpaired) electrons. The van der Waals surface area contributed by atoms with Crippen molar-refractivity contribution in [1.82, 2.24) is 0 Å². The van der Waals surface area contributed by atoms with E-state index < -0.39 is 70.1 Å². The van der Waals surface area contributed by atoms with E-state index in [-0.39, 0.29) is 25.0 Å². The van der Waals surface area contributed by atoms with E-state index in [1.165, 1.54) is 20.8 Å². The zero-order valence-electron chi connectivity index (χ0n) is 23.5. The van der Waals surface area contributed by atoms with Gasteiger partial charge in [-0.2, -0.15) is 0 Å². The van der Waals surface area contributed by atoms with Gasteiger partial charge < -0.3 is 29.5 Å². The molecule has 3 aliphatic rings. The summed E-state index contributed by atoms with van der Waals surface area (Å²) >= 11 is 0. The van der Waals surface area contributed by atoms with Gasteiger partial charge in [-0.1, -0.05) is 43.7 Å². The molecule has 9 heteroatoms. The number of hydrogen-bond donors (Lipinski definition) is 3. The van der Waals surface area contributed by atoms with E-state index in [0.717, 1.165) is 5.57 Å². The standard InChI is InChI=1S/C30H40O9/c1-17-12-13-30(36,27(4,5)15-17)25(38-26(35)20-10-8-7-9-11-20)23-28(6,24(34)18(2)31)21(33)14-22-29(23,16-37-22)39-19(3)32/h7-11,15,18,21-23,25,31,33,36H,12-14,16H2,1-6H3/t18-,21+,22?,23+,25+,28-,29+,30-/m1/s1. The fourth-order valence-electron chi connectivity index (χ4n) is 7.08. The molecule has 1 aromatic rings. The Hall–Kier alpha value is -2.59. The highest BCUT2D eigenvalue weighted by Gasteiger charge is 2.75. The van der Waals surface area contributed by atoms with Crippen LogP contribution in [0.2, 0.25) is 0 Å². The van der Waals surface area contributed by atoms with E-state index in [1.807, 2.05) is 26.8 Å². The highest BCUT2D eigenvalue weighted by molar-refractivity contribution is 5.91. The number of benzene rings is 1. The van der Waals surface area contributed by atoms with E-state index in [0.29, 0.717) is 6.42 Å². The number of carbonyl (C=O) groups excluding carboxylic acids is 3. The molecule has 1 heterocycles. The second-order valence-corrected chi connectivity index (χ2v) is 12.2. The Morgan fingerprint density at radius 3 is 2.28 bits per heavy atom. The quantitative estimate of drug-likeness (QED) is 0.349. The Morgan fingerprint density at radius 1 is 1.13 bits per heavy atom. The van der Waals surface area contributed by atoms with Gasteiger partial charge in [0, 0.05) is 18.8 Å². The molecule has 1 saturated carbocycles. The molecule has 0 bridgehead atoms. The van der Waals surface area contributed by atoms with Crippen LogP contribution in [-0.2, 0) is 23.8 Å². The third-order valence-electron chi connectivity index (χ3n) is 9.24. The lowest BCUT2D eigenvalue weighted by Crippen LogP contribution is -2.80. The van der Waals surface area contributed by atoms with Gasteiger partial charge in [0.15, 0.2) is 11.4 Å². The van der Waals surface area contributed by atoms with Gasteiger partial charge in [0.25, 0.3) is 0 Å². The maximum atomic E-state index is 13.8. The zero-order valence-corrected chi connectivity index (χ0v) is 23.5. The second-order valence-electron chi connectivity index (χ2n) is 12.2. The summed E-state index contributed by atoms with van der Waals surface area (Å²) in [5, 5.41) is 34.5. The lowest BCUT2D eigenvalue weighted by molar-refractivity contribution is -0.342. The van der Waals surface area contributed by atoms with Gasteiger partial charge >= 0.3 is 11.9 Å². The monoisotopic (exact) mass is 544 g/mol. The largest absolute Gasteiger partial charge is 0.455 e. The van der Waals surface area contributed by atoms with Crippen molar-refractivity contribution < 1.29 is 43.9 Å². The number of ether oxygens (including phenoxy) is 3. The first-order valence-electron chi connectivity index (χ1n) is 13.5. The molecule has 0 spiro atoms. The number of esters is 2. The minimum Gasteiger partial charge on any atom is -0.455 e. The Morgan fingerprint density at radius 2 is 1.77 bits per heavy atom. The molecular formula is C30H40O9. The van der Waals surface area contributed by atoms with E-state index >= 15 is 0 Å². The Kier molecular flexibility index (Phi) is 7.62. The number of hydrogen-bond acceptors (Lipinski definition) is 9. The van der Waals surface area contributed by atoms with Gasteiger partial charge in [-0.05, 0) is 45.7 Å². The fourth-order valence-corrected chi connectivity index (χ4v) is 7.08. The minimum absolute atomic E-state index is 0.0427. The molecule has 214 valence electrons. The van der Waals surface area contributed by atoms with Gasteiger partial charge in [-0.25, -0.2) is 4.79 Å². The first-order chi connectivity index (χ1) is 18.1. The normalized spacial score (nSPS) is 36.8. The Bertz CT molecular complexity index is 1160. The molecule has 0 aromatic heterocycles. The van der Waals surface area contributed by atoms with Crippen LogP contribution in [0.1, 0.15) is 71.2 Å². The fraction of sp³-hybridized carbons (Fsp3) is 0.633. The van der Waals surface area contributed by atoms with Crippen LogP contribution in [0.15, 0.2) is 42.0 Å². The van der Waals surface area contributed by atoms with Crippen LogP contribution in [0.4, 0.5) is 0 Å². The van der Waals surface area contributed by atoms with Crippen molar-refractivity contribution in [2.45, 2.75) is 96.4 Å². The Labute approximate surface area is 229 Å². The zero-order chi connectivity index (χ0) is 29.0. The van der Waals surface area contributed by atoms with E-state index in [1.54, 1.807) is 30.3 Å². The smallest absolute Gasteiger partial charge is 0.338 e. The molecule has 4 rings (SSSR count). The lowest BCUT2D eigenvalue weighted by atomic mass is 9.48. The molecule has 1 aliphatic heterocycles. The predicted molar refractivity (Wildman–Crippen MR) is 141 cm³/mol. The number of allylic oxidation sites excluding steroid dienone is 1. The maximum absolute atomic E-state index is 13.8. The van der Waals surface area contributed by atoms with Crippen molar-refractivity contribution in [3.05, 3.63) is 47.5 Å². The topological polar surface area (TPSA) is 140 Å². The average molecular weight is 545 g/mol. The third kappa shape index (κ3) is 4.63. The van der Waals surface area contributed by atoms with Crippen LogP contribution in [0.3, 0.4) is 0 Å². The van der Waals surface area contributed by atoms with Crippen molar-refractivity contribution in [2.24, 2.45) is 16.7 Å². The number of aliphatic hydroxyl groups excluding tert-OH is 2. The molecule has 39 heavy (non-hydrogen) atoms. The molecule has 2 aliphatic carbocycles. The van der Waals surface area contributed by atoms with E-state index in [4.69, 9.17) is 14.2 Å². The van der Waals surface area contributed by atoms with Crippen LogP contribution in [-0.4, -0.2) is 75.3 Å². The number of Topliss-reactive ketones (excluding diaryl/α,β-unsaturated/α-hetero) is 1. The summed E-state index contributed by atoms with van der Waals surface area (Å²) in [5.74, 6) is -3.34. The molecule has 1 aromatic carbocycles. The van der Waals surface area contributed by atoms with Gasteiger partial charge in [-0.15, -0.1) is 0 Å². The summed E-state index contributed by atoms with van der Waals surface area (Å²) in [4.78, 5) is 39.9. The maximum Gasteiger partial charge on any atom is 0.338 e. The molecule has 1 saturated heterocycles. The van der Waals surface area contributed by atoms with Crippen molar-refractivity contribution >= 4 is 17.7 Å². The van der Waals surface area contributed by atoms with Crippen molar-refractivity contribution in [3.63, 3.8) is 0 Å². The van der Waals surface area contributed by atoms with Crippen molar-refractivity contribution in [2.75, 3.05) is 6.61 Å². The summed E-state index contributed by atoms with van der Waals surface area (Å²) in [7, 11) is 0. The third-order valence-corrected chi connectivity index (χ3v) is 9.24. The molecule has 8 atom stereocenters. The number of ketones is 1. The summed E-state index contributed by atoms with van der Waals surface area (Å²) in [6, 6.07) is 8.26. The summed E-state index contributed by atoms with van der Waals surface area (Å²) in [6.07, 6.45) is -2.51. The predicted octanol–water partition coefficient (Wildman–Crippen LogP) is 2.75. The van der Waals surface area contributed by atoms with Gasteiger partial charge in [-0.3, -0.25) is 9.59 Å². The molecule has 3 N–H and O–H groups in total. The average Bonchev–Trinajstić information content (AvgIpc) is 2.86. The van der Waals surface area contributed by atoms with Crippen molar-refractivity contribution in [3.8, 4) is 0 Å². The summed E-state index contributed by atoms with van der Waals surface area (Å²) in [6.45, 7) is 9.49. The van der Waals surface area contributed by atoms with E-state index in [2.05, 4.69) is 0 Å². The number of carbonyl (C=O) groups is 3. The molecule has 9 nitrogen and oxygen atoms in total. The first kappa shape index (κ1) is 29.4. The molecule has 0 amide bonds. The van der Waals surface area contributed by atoms with Gasteiger partial charge in [0.2, 0.25) is 0 Å². The van der Waals surface area contributed by atoms with Crippen LogP contribution in [0.5, 0.6) is 0 Å². The molecule has 1 unspecified atom stereocenters. The minimum atomic E-state index is -1.77. The Balaban J connectivity index is 1.98. The SMILES string of the molecule is CC(=O)O[C@@]12COC1C[C@H](O)[C@@](C)(C(=O)[C@@H](C)O)[C@@H]2[C@H](OC(=O)c1ccccc1)[C@]1(O)CCC(C)=CC1(C)C. The number of fused-ring (bicyclic) bond motifs is 1. The van der Waals surface area contributed by atoms with Crippen LogP contribution < -0.4 is 0 Å². The highest BCUT2D eigenvalue weighted by atomic mass is 16.6. The lowest BCUT2D eigenvalue weighted by Gasteiger charge is -2.65. The van der Waals surface area contributed by atoms with Crippen LogP contribution >= 0.6 is 0 Å². The summed E-state index contributed by atoms with van der Waals surface area (Å²) in [5.41, 5.74) is -4.68. The second kappa shape index (κ2) is 10.1. The summed E-state index contributed by atoms with van der Waals surface area (Å²) < 4.78 is 17.9. The molecule has 2 fully saturated rings. The number of rotatable bonds is 7.